The molecule has 0 saturated carbocycles. The third-order valence-corrected chi connectivity index (χ3v) is 2.32. The summed E-state index contributed by atoms with van der Waals surface area (Å²) >= 11 is 0. The predicted octanol–water partition coefficient (Wildman–Crippen LogP) is -0.548. The van der Waals surface area contributed by atoms with Crippen LogP contribution in [0.2, 0.25) is 0 Å². The molecule has 0 amide bonds. The van der Waals surface area contributed by atoms with Gasteiger partial charge in [-0.2, -0.15) is 0 Å². The van der Waals surface area contributed by atoms with E-state index in [0.29, 0.717) is 19.2 Å². The van der Waals surface area contributed by atoms with Gasteiger partial charge in [-0.1, -0.05) is 0 Å². The second kappa shape index (κ2) is 6.32. The first kappa shape index (κ1) is 10.9. The lowest BCUT2D eigenvalue weighted by Gasteiger charge is -2.23. The Hall–Kier alpha value is -0.160. The number of aliphatic hydroxyl groups excluding tert-OH is 2. The molecule has 1 unspecified atom stereocenters. The molecule has 4 heteroatoms. The van der Waals surface area contributed by atoms with E-state index in [2.05, 4.69) is 0 Å². The summed E-state index contributed by atoms with van der Waals surface area (Å²) in [6, 6.07) is 0. The van der Waals surface area contributed by atoms with E-state index >= 15 is 0 Å². The quantitative estimate of drug-likeness (QED) is 0.589. The summed E-state index contributed by atoms with van der Waals surface area (Å²) in [5.41, 5.74) is 0. The lowest BCUT2D eigenvalue weighted by Crippen LogP contribution is -2.36. The number of hydrogen-bond acceptors (Lipinski definition) is 4. The van der Waals surface area contributed by atoms with Crippen molar-refractivity contribution in [1.29, 1.82) is 0 Å². The largest absolute Gasteiger partial charge is 0.395 e. The molecule has 0 aromatic heterocycles. The van der Waals surface area contributed by atoms with Gasteiger partial charge < -0.3 is 14.9 Å². The molecule has 4 nitrogen and oxygen atoms in total. The second-order valence-electron chi connectivity index (χ2n) is 3.38. The van der Waals surface area contributed by atoms with Crippen molar-refractivity contribution in [3.05, 3.63) is 0 Å². The van der Waals surface area contributed by atoms with E-state index in [4.69, 9.17) is 14.9 Å². The topological polar surface area (TPSA) is 52.9 Å². The van der Waals surface area contributed by atoms with E-state index in [1.807, 2.05) is 4.90 Å². The highest BCUT2D eigenvalue weighted by molar-refractivity contribution is 4.70. The minimum Gasteiger partial charge on any atom is -0.395 e. The van der Waals surface area contributed by atoms with Gasteiger partial charge in [-0.05, 0) is 12.8 Å². The lowest BCUT2D eigenvalue weighted by atomic mass is 10.2. The van der Waals surface area contributed by atoms with Crippen LogP contribution in [0, 0.1) is 0 Å². The zero-order valence-corrected chi connectivity index (χ0v) is 7.98. The van der Waals surface area contributed by atoms with Crippen LogP contribution in [0.3, 0.4) is 0 Å². The average Bonchev–Trinajstić information content (AvgIpc) is 2.58. The van der Waals surface area contributed by atoms with Crippen molar-refractivity contribution < 1.29 is 14.9 Å². The first-order chi connectivity index (χ1) is 6.36. The smallest absolute Gasteiger partial charge is 0.0702 e. The fourth-order valence-electron chi connectivity index (χ4n) is 1.65. The van der Waals surface area contributed by atoms with E-state index < -0.39 is 0 Å². The summed E-state index contributed by atoms with van der Waals surface area (Å²) in [6.45, 7) is 3.23. The molecule has 0 aromatic rings. The minimum absolute atomic E-state index is 0.146. The van der Waals surface area contributed by atoms with Crippen LogP contribution < -0.4 is 0 Å². The fourth-order valence-corrected chi connectivity index (χ4v) is 1.65. The van der Waals surface area contributed by atoms with Crippen LogP contribution in [0.15, 0.2) is 0 Å². The highest BCUT2D eigenvalue weighted by Gasteiger charge is 2.18. The lowest BCUT2D eigenvalue weighted by molar-refractivity contribution is 0.0599. The zero-order chi connectivity index (χ0) is 9.52. The van der Waals surface area contributed by atoms with Gasteiger partial charge >= 0.3 is 0 Å². The molecular weight excluding hydrogens is 170 g/mol. The van der Waals surface area contributed by atoms with Gasteiger partial charge in [0.2, 0.25) is 0 Å². The Kier molecular flexibility index (Phi) is 5.31. The first-order valence-electron chi connectivity index (χ1n) is 4.92. The molecule has 78 valence electrons. The Morgan fingerprint density at radius 1 is 1.23 bits per heavy atom. The van der Waals surface area contributed by atoms with Crippen LogP contribution in [0.1, 0.15) is 12.8 Å². The highest BCUT2D eigenvalue weighted by Crippen LogP contribution is 2.12. The van der Waals surface area contributed by atoms with Gasteiger partial charge in [-0.15, -0.1) is 0 Å². The van der Waals surface area contributed by atoms with Crippen LogP contribution >= 0.6 is 0 Å². The number of ether oxygens (including phenoxy) is 1. The molecule has 1 aliphatic heterocycles. The van der Waals surface area contributed by atoms with E-state index in [0.717, 1.165) is 26.0 Å². The van der Waals surface area contributed by atoms with Gasteiger partial charge in [0, 0.05) is 26.2 Å². The van der Waals surface area contributed by atoms with Gasteiger partial charge in [0.15, 0.2) is 0 Å². The Morgan fingerprint density at radius 3 is 2.38 bits per heavy atom. The molecular formula is C9H19NO3. The first-order valence-corrected chi connectivity index (χ1v) is 4.92. The average molecular weight is 189 g/mol. The normalized spacial score (nSPS) is 22.8. The predicted molar refractivity (Wildman–Crippen MR) is 49.6 cm³/mol. The van der Waals surface area contributed by atoms with Crippen LogP contribution in [0.5, 0.6) is 0 Å². The summed E-state index contributed by atoms with van der Waals surface area (Å²) in [5, 5.41) is 17.5. The summed E-state index contributed by atoms with van der Waals surface area (Å²) in [7, 11) is 0. The number of hydrogen-bond donors (Lipinski definition) is 2. The maximum atomic E-state index is 8.77. The Bertz CT molecular complexity index is 120. The van der Waals surface area contributed by atoms with Crippen LogP contribution in [-0.4, -0.2) is 60.7 Å². The Labute approximate surface area is 79.1 Å². The SMILES string of the molecule is OCCN(CCO)CC1CCCO1. The van der Waals surface area contributed by atoms with Crippen molar-refractivity contribution in [2.45, 2.75) is 18.9 Å². The maximum absolute atomic E-state index is 8.77. The van der Waals surface area contributed by atoms with Crippen molar-refractivity contribution in [2.24, 2.45) is 0 Å². The molecule has 1 fully saturated rings. The second-order valence-corrected chi connectivity index (χ2v) is 3.38. The summed E-state index contributed by atoms with van der Waals surface area (Å²) in [6.07, 6.45) is 2.54. The molecule has 0 radical (unpaired) electrons. The van der Waals surface area contributed by atoms with E-state index in [-0.39, 0.29) is 13.2 Å². The van der Waals surface area contributed by atoms with Crippen molar-refractivity contribution >= 4 is 0 Å². The van der Waals surface area contributed by atoms with Crippen molar-refractivity contribution in [1.82, 2.24) is 4.90 Å². The molecule has 1 rings (SSSR count). The van der Waals surface area contributed by atoms with E-state index in [1.54, 1.807) is 0 Å². The summed E-state index contributed by atoms with van der Waals surface area (Å²) in [5.74, 6) is 0. The maximum Gasteiger partial charge on any atom is 0.0702 e. The summed E-state index contributed by atoms with van der Waals surface area (Å²) in [4.78, 5) is 2.04. The summed E-state index contributed by atoms with van der Waals surface area (Å²) < 4.78 is 5.47. The molecule has 1 saturated heterocycles. The van der Waals surface area contributed by atoms with E-state index in [1.165, 1.54) is 0 Å². The molecule has 1 atom stereocenters. The van der Waals surface area contributed by atoms with Crippen LogP contribution in [0.4, 0.5) is 0 Å². The Morgan fingerprint density at radius 2 is 1.92 bits per heavy atom. The molecule has 0 spiro atoms. The Balaban J connectivity index is 2.19. The van der Waals surface area contributed by atoms with Crippen molar-refractivity contribution in [2.75, 3.05) is 39.5 Å². The van der Waals surface area contributed by atoms with Gasteiger partial charge in [0.25, 0.3) is 0 Å². The fraction of sp³-hybridized carbons (Fsp3) is 1.00. The molecule has 2 N–H and O–H groups in total. The monoisotopic (exact) mass is 189 g/mol. The molecule has 0 bridgehead atoms. The molecule has 0 aliphatic carbocycles. The molecule has 1 aliphatic rings. The van der Waals surface area contributed by atoms with Gasteiger partial charge in [0.05, 0.1) is 19.3 Å². The standard InChI is InChI=1S/C9H19NO3/c11-5-3-10(4-6-12)8-9-2-1-7-13-9/h9,11-12H,1-8H2. The third-order valence-electron chi connectivity index (χ3n) is 2.32. The van der Waals surface area contributed by atoms with Crippen LogP contribution in [-0.2, 0) is 4.74 Å². The molecule has 13 heavy (non-hydrogen) atoms. The minimum atomic E-state index is 0.146. The number of aliphatic hydroxyl groups is 2. The van der Waals surface area contributed by atoms with E-state index in [9.17, 15) is 0 Å². The zero-order valence-electron chi connectivity index (χ0n) is 7.98. The molecule has 1 heterocycles. The van der Waals surface area contributed by atoms with Gasteiger partial charge in [0.1, 0.15) is 0 Å². The van der Waals surface area contributed by atoms with Crippen molar-refractivity contribution in [3.63, 3.8) is 0 Å². The number of nitrogens with zero attached hydrogens (tertiary/aromatic N) is 1. The third kappa shape index (κ3) is 4.04. The number of rotatable bonds is 6. The van der Waals surface area contributed by atoms with Gasteiger partial charge in [-0.25, -0.2) is 0 Å². The molecule has 0 aromatic carbocycles. The van der Waals surface area contributed by atoms with Crippen LogP contribution in [0.25, 0.3) is 0 Å². The van der Waals surface area contributed by atoms with Gasteiger partial charge in [-0.3, -0.25) is 4.90 Å². The highest BCUT2D eigenvalue weighted by atomic mass is 16.5. The van der Waals surface area contributed by atoms with Crippen molar-refractivity contribution in [3.8, 4) is 0 Å².